The zero-order valence-electron chi connectivity index (χ0n) is 15.8. The summed E-state index contributed by atoms with van der Waals surface area (Å²) in [6.07, 6.45) is 1.28. The molecule has 0 saturated carbocycles. The molecule has 1 aliphatic heterocycles. The summed E-state index contributed by atoms with van der Waals surface area (Å²) < 4.78 is 1.29. The molecule has 1 aromatic carbocycles. The van der Waals surface area contributed by atoms with E-state index in [1.165, 1.54) is 21.9 Å². The lowest BCUT2D eigenvalue weighted by atomic mass is 9.66. The van der Waals surface area contributed by atoms with E-state index < -0.39 is 7.95 Å². The van der Waals surface area contributed by atoms with Crippen molar-refractivity contribution in [2.24, 2.45) is 17.3 Å². The second-order valence-corrected chi connectivity index (χ2v) is 16.7. The average Bonchev–Trinajstić information content (AvgIpc) is 2.93. The molecule has 1 fully saturated rings. The van der Waals surface area contributed by atoms with Crippen molar-refractivity contribution in [3.8, 4) is 0 Å². The summed E-state index contributed by atoms with van der Waals surface area (Å²) in [6, 6.07) is 8.82. The van der Waals surface area contributed by atoms with Gasteiger partial charge in [0.25, 0.3) is 0 Å². The van der Waals surface area contributed by atoms with Gasteiger partial charge in [0.05, 0.1) is 29.6 Å². The molecule has 2 heterocycles. The van der Waals surface area contributed by atoms with E-state index in [4.69, 9.17) is 17.6 Å². The lowest BCUT2D eigenvalue weighted by Crippen LogP contribution is -2.57. The van der Waals surface area contributed by atoms with Crippen molar-refractivity contribution in [3.63, 3.8) is 0 Å². The summed E-state index contributed by atoms with van der Waals surface area (Å²) >= 11 is 8.90. The van der Waals surface area contributed by atoms with Gasteiger partial charge in [-0.1, -0.05) is 46.0 Å². The van der Waals surface area contributed by atoms with Crippen LogP contribution in [-0.2, 0) is 0 Å². The number of rotatable bonds is 6. The van der Waals surface area contributed by atoms with Gasteiger partial charge in [-0.2, -0.15) is 23.8 Å². The van der Waals surface area contributed by atoms with Gasteiger partial charge in [-0.25, -0.2) is 4.98 Å². The Bertz CT molecular complexity index is 677. The fourth-order valence-electron chi connectivity index (χ4n) is 3.81. The third-order valence-electron chi connectivity index (χ3n) is 5.13. The van der Waals surface area contributed by atoms with E-state index in [1.807, 2.05) is 11.3 Å². The molecule has 0 amide bonds. The molecule has 0 aliphatic carbocycles. The Hall–Kier alpha value is -0.0131. The summed E-state index contributed by atoms with van der Waals surface area (Å²) in [5.74, 6) is 2.50. The minimum absolute atomic E-state index is 0.280. The van der Waals surface area contributed by atoms with Crippen LogP contribution < -0.4 is 5.32 Å². The maximum Gasteiger partial charge on any atom is 0.111 e. The van der Waals surface area contributed by atoms with E-state index >= 15 is 0 Å². The van der Waals surface area contributed by atoms with Crippen molar-refractivity contribution in [1.82, 2.24) is 10.3 Å². The van der Waals surface area contributed by atoms with Gasteiger partial charge >= 0.3 is 0 Å². The highest BCUT2D eigenvalue weighted by Gasteiger charge is 2.48. The van der Waals surface area contributed by atoms with Crippen LogP contribution in [0.5, 0.6) is 0 Å². The van der Waals surface area contributed by atoms with E-state index in [0.29, 0.717) is 23.3 Å². The highest BCUT2D eigenvalue weighted by atomic mass is 32.4. The molecule has 2 nitrogen and oxygen atoms in total. The topological polar surface area (TPSA) is 24.9 Å². The van der Waals surface area contributed by atoms with E-state index in [-0.39, 0.29) is 5.37 Å². The molecule has 1 aromatic heterocycles. The third-order valence-corrected chi connectivity index (χ3v) is 10.6. The fraction of sp³-hybridized carbons (Fsp3) is 0.632. The van der Waals surface area contributed by atoms with E-state index in [1.54, 1.807) is 0 Å². The van der Waals surface area contributed by atoms with Crippen LogP contribution in [0.15, 0.2) is 24.3 Å². The third kappa shape index (κ3) is 4.46. The molecule has 0 spiro atoms. The normalized spacial score (nSPS) is 25.3. The van der Waals surface area contributed by atoms with Gasteiger partial charge in [-0.05, 0) is 35.6 Å². The number of hydrogen-bond donors (Lipinski definition) is 2. The molecule has 3 rings (SSSR count). The first-order chi connectivity index (χ1) is 11.8. The molecule has 2 aromatic rings. The molecule has 138 valence electrons. The van der Waals surface area contributed by atoms with Crippen molar-refractivity contribution in [2.75, 3.05) is 5.75 Å². The summed E-state index contributed by atoms with van der Waals surface area (Å²) in [6.45, 7) is 12.0. The molecule has 0 bridgehead atoms. The molecule has 6 heteroatoms. The van der Waals surface area contributed by atoms with Crippen molar-refractivity contribution >= 4 is 53.3 Å². The predicted octanol–water partition coefficient (Wildman–Crippen LogP) is 5.58. The lowest BCUT2D eigenvalue weighted by Gasteiger charge is -2.51. The zero-order valence-corrected chi connectivity index (χ0v) is 19.5. The predicted molar refractivity (Wildman–Crippen MR) is 121 cm³/mol. The van der Waals surface area contributed by atoms with Crippen molar-refractivity contribution < 1.29 is 0 Å². The first kappa shape index (κ1) is 19.7. The van der Waals surface area contributed by atoms with Gasteiger partial charge in [-0.3, -0.25) is 5.32 Å². The highest BCUT2D eigenvalue weighted by Crippen LogP contribution is 2.50. The van der Waals surface area contributed by atoms with E-state index in [0.717, 1.165) is 5.52 Å². The zero-order chi connectivity index (χ0) is 18.2. The molecule has 0 radical (unpaired) electrons. The summed E-state index contributed by atoms with van der Waals surface area (Å²) in [5.41, 5.74) is 1.42. The number of nitrogens with zero attached hydrogens (tertiary/aromatic N) is 1. The molecular weight excluding hydrogens is 381 g/mol. The first-order valence-corrected chi connectivity index (χ1v) is 15.3. The Balaban J connectivity index is 1.81. The summed E-state index contributed by atoms with van der Waals surface area (Å²) in [4.78, 5) is 4.92. The quantitative estimate of drug-likeness (QED) is 0.480. The number of aromatic nitrogens is 1. The molecule has 2 unspecified atom stereocenters. The summed E-state index contributed by atoms with van der Waals surface area (Å²) in [5, 5.41) is 5.15. The van der Waals surface area contributed by atoms with Crippen LogP contribution in [-0.4, -0.2) is 24.1 Å². The Labute approximate surface area is 167 Å². The molecule has 1 saturated heterocycles. The number of thiol groups is 1. The lowest BCUT2D eigenvalue weighted by molar-refractivity contribution is 0.0535. The Morgan fingerprint density at radius 2 is 2.04 bits per heavy atom. The Morgan fingerprint density at radius 1 is 1.32 bits per heavy atom. The van der Waals surface area contributed by atoms with Crippen molar-refractivity contribution in [3.05, 3.63) is 29.3 Å². The summed E-state index contributed by atoms with van der Waals surface area (Å²) in [7, 11) is -0.545. The SMILES string of the molecule is C[SiH](C)SCCC([C@H]1C(S)N[C@H]1c1nc2ccccc2s1)C(C)(C)C. The number of thiazole rings is 1. The Morgan fingerprint density at radius 3 is 2.64 bits per heavy atom. The number of hydrogen-bond acceptors (Lipinski definition) is 5. The van der Waals surface area contributed by atoms with Gasteiger partial charge < -0.3 is 0 Å². The van der Waals surface area contributed by atoms with Crippen LogP contribution >= 0.6 is 35.2 Å². The van der Waals surface area contributed by atoms with E-state index in [9.17, 15) is 0 Å². The largest absolute Gasteiger partial charge is 0.296 e. The second kappa shape index (κ2) is 7.93. The molecule has 25 heavy (non-hydrogen) atoms. The van der Waals surface area contributed by atoms with Crippen molar-refractivity contribution in [1.29, 1.82) is 0 Å². The average molecular weight is 411 g/mol. The fourth-order valence-corrected chi connectivity index (χ4v) is 8.13. The monoisotopic (exact) mass is 410 g/mol. The van der Waals surface area contributed by atoms with Crippen LogP contribution in [0.1, 0.15) is 38.2 Å². The van der Waals surface area contributed by atoms with Crippen LogP contribution in [0.4, 0.5) is 0 Å². The molecule has 1 aliphatic rings. The maximum absolute atomic E-state index is 4.92. The standard InChI is InChI=1S/C19H30N2S3Si/c1-19(2,3)12(10-11-23-25(4)5)15-16(21-17(15)22)18-20-13-8-6-7-9-14(13)24-18/h6-9,12,15-17,21-22,25H,10-11H2,1-5H3/t12?,15-,16-,17?/m1/s1. The molecule has 4 atom stereocenters. The first-order valence-electron chi connectivity index (χ1n) is 9.18. The van der Waals surface area contributed by atoms with Gasteiger partial charge in [0.2, 0.25) is 0 Å². The minimum Gasteiger partial charge on any atom is -0.296 e. The number of benzene rings is 1. The van der Waals surface area contributed by atoms with Gasteiger partial charge in [0.15, 0.2) is 0 Å². The number of nitrogens with one attached hydrogen (secondary N) is 1. The highest BCUT2D eigenvalue weighted by molar-refractivity contribution is 8.25. The van der Waals surface area contributed by atoms with Gasteiger partial charge in [0, 0.05) is 5.92 Å². The van der Waals surface area contributed by atoms with Gasteiger partial charge in [0.1, 0.15) is 5.01 Å². The Kier molecular flexibility index (Phi) is 6.26. The van der Waals surface area contributed by atoms with E-state index in [2.05, 4.69) is 74.7 Å². The van der Waals surface area contributed by atoms with Crippen LogP contribution in [0.3, 0.4) is 0 Å². The number of para-hydroxylation sites is 1. The minimum atomic E-state index is -0.545. The second-order valence-electron chi connectivity index (χ2n) is 8.37. The van der Waals surface area contributed by atoms with Crippen LogP contribution in [0.25, 0.3) is 10.2 Å². The van der Waals surface area contributed by atoms with Gasteiger partial charge in [-0.15, -0.1) is 11.3 Å². The number of fused-ring (bicyclic) bond motifs is 1. The smallest absolute Gasteiger partial charge is 0.111 e. The maximum atomic E-state index is 4.92. The molecule has 1 N–H and O–H groups in total. The van der Waals surface area contributed by atoms with Crippen LogP contribution in [0, 0.1) is 17.3 Å². The molecular formula is C19H30N2S3Si. The van der Waals surface area contributed by atoms with Crippen LogP contribution in [0.2, 0.25) is 13.1 Å². The van der Waals surface area contributed by atoms with Crippen molar-refractivity contribution in [2.45, 2.75) is 51.7 Å².